The number of anilines is 1. The van der Waals surface area contributed by atoms with Crippen LogP contribution in [0.2, 0.25) is 0 Å². The van der Waals surface area contributed by atoms with Crippen molar-refractivity contribution in [2.75, 3.05) is 18.9 Å². The maximum absolute atomic E-state index is 6.07. The zero-order valence-electron chi connectivity index (χ0n) is 14.3. The molecule has 3 rings (SSSR count). The highest BCUT2D eigenvalue weighted by molar-refractivity contribution is 5.71. The van der Waals surface area contributed by atoms with E-state index in [2.05, 4.69) is 13.8 Å². The summed E-state index contributed by atoms with van der Waals surface area (Å²) >= 11 is 0. The van der Waals surface area contributed by atoms with Crippen LogP contribution in [0.1, 0.15) is 20.8 Å². The Balaban J connectivity index is 1.96. The molecule has 2 heterocycles. The van der Waals surface area contributed by atoms with Crippen LogP contribution in [0.25, 0.3) is 16.9 Å². The molecule has 0 spiro atoms. The van der Waals surface area contributed by atoms with Crippen molar-refractivity contribution in [1.29, 1.82) is 0 Å². The average Bonchev–Trinajstić information content (AvgIpc) is 2.99. The number of hydrogen-bond acceptors (Lipinski definition) is 4. The van der Waals surface area contributed by atoms with E-state index in [1.807, 2.05) is 54.0 Å². The number of nitrogen functional groups attached to an aromatic ring is 1. The molecule has 0 aliphatic carbocycles. The van der Waals surface area contributed by atoms with Crippen LogP contribution in [0.4, 0.5) is 5.69 Å². The van der Waals surface area contributed by atoms with Crippen LogP contribution in [-0.2, 0) is 0 Å². The van der Waals surface area contributed by atoms with Crippen molar-refractivity contribution in [2.24, 2.45) is 5.92 Å². The van der Waals surface area contributed by atoms with E-state index in [0.29, 0.717) is 30.6 Å². The molecule has 0 saturated heterocycles. The number of ether oxygens (including phenoxy) is 2. The first-order valence-electron chi connectivity index (χ1n) is 8.21. The van der Waals surface area contributed by atoms with Gasteiger partial charge in [-0.25, -0.2) is 4.98 Å². The van der Waals surface area contributed by atoms with Gasteiger partial charge in [0.2, 0.25) is 0 Å². The lowest BCUT2D eigenvalue weighted by Crippen LogP contribution is -2.05. The number of aromatic nitrogens is 2. The van der Waals surface area contributed by atoms with Crippen molar-refractivity contribution in [3.63, 3.8) is 0 Å². The average molecular weight is 325 g/mol. The second-order valence-electron chi connectivity index (χ2n) is 6.12. The predicted octanol–water partition coefficient (Wildman–Crippen LogP) is 4.02. The molecule has 2 N–H and O–H groups in total. The monoisotopic (exact) mass is 325 g/mol. The molecule has 0 unspecified atom stereocenters. The summed E-state index contributed by atoms with van der Waals surface area (Å²) in [7, 11) is 0. The lowest BCUT2D eigenvalue weighted by molar-refractivity contribution is 0.272. The zero-order valence-corrected chi connectivity index (χ0v) is 14.3. The molecule has 0 radical (unpaired) electrons. The summed E-state index contributed by atoms with van der Waals surface area (Å²) in [5, 5.41) is 0. The molecular weight excluding hydrogens is 302 g/mol. The zero-order chi connectivity index (χ0) is 17.1. The predicted molar refractivity (Wildman–Crippen MR) is 96.5 cm³/mol. The molecule has 2 aromatic heterocycles. The van der Waals surface area contributed by atoms with Crippen molar-refractivity contribution in [3.8, 4) is 22.8 Å². The lowest BCUT2D eigenvalue weighted by atomic mass is 10.1. The Labute approximate surface area is 142 Å². The molecule has 0 fully saturated rings. The van der Waals surface area contributed by atoms with E-state index in [1.165, 1.54) is 0 Å². The van der Waals surface area contributed by atoms with E-state index in [0.717, 1.165) is 22.7 Å². The Morgan fingerprint density at radius 2 is 2.00 bits per heavy atom. The highest BCUT2D eigenvalue weighted by Crippen LogP contribution is 2.30. The number of rotatable bonds is 6. The largest absolute Gasteiger partial charge is 0.492 e. The summed E-state index contributed by atoms with van der Waals surface area (Å²) < 4.78 is 13.3. The third-order valence-corrected chi connectivity index (χ3v) is 3.62. The van der Waals surface area contributed by atoms with Crippen LogP contribution in [0.5, 0.6) is 11.5 Å². The fraction of sp³-hybridized carbons (Fsp3) is 0.316. The number of imidazole rings is 1. The van der Waals surface area contributed by atoms with Gasteiger partial charge < -0.3 is 19.6 Å². The topological polar surface area (TPSA) is 61.8 Å². The Morgan fingerprint density at radius 3 is 2.71 bits per heavy atom. The van der Waals surface area contributed by atoms with Gasteiger partial charge in [0.25, 0.3) is 0 Å². The molecule has 0 saturated carbocycles. The van der Waals surface area contributed by atoms with Gasteiger partial charge in [0.1, 0.15) is 5.75 Å². The SMILES string of the molecule is CCOc1ccc(-c2cn3cccc(OCC(C)C)c3n2)cc1N. The van der Waals surface area contributed by atoms with Gasteiger partial charge in [-0.05, 0) is 43.2 Å². The number of benzene rings is 1. The first kappa shape index (κ1) is 16.2. The number of nitrogens with zero attached hydrogens (tertiary/aromatic N) is 2. The van der Waals surface area contributed by atoms with Gasteiger partial charge in [0, 0.05) is 18.0 Å². The summed E-state index contributed by atoms with van der Waals surface area (Å²) in [6.45, 7) is 7.44. The third kappa shape index (κ3) is 3.30. The molecule has 3 aromatic rings. The molecular formula is C19H23N3O2. The summed E-state index contributed by atoms with van der Waals surface area (Å²) in [4.78, 5) is 4.72. The summed E-state index contributed by atoms with van der Waals surface area (Å²) in [5.41, 5.74) is 9.29. The van der Waals surface area contributed by atoms with Crippen molar-refractivity contribution in [2.45, 2.75) is 20.8 Å². The van der Waals surface area contributed by atoms with Gasteiger partial charge in [-0.15, -0.1) is 0 Å². The molecule has 24 heavy (non-hydrogen) atoms. The normalized spacial score (nSPS) is 11.2. The highest BCUT2D eigenvalue weighted by atomic mass is 16.5. The van der Waals surface area contributed by atoms with Gasteiger partial charge in [0.05, 0.1) is 24.6 Å². The molecule has 1 aromatic carbocycles. The minimum atomic E-state index is 0.464. The third-order valence-electron chi connectivity index (χ3n) is 3.62. The Hall–Kier alpha value is -2.69. The molecule has 5 heteroatoms. The Kier molecular flexibility index (Phi) is 4.60. The van der Waals surface area contributed by atoms with Gasteiger partial charge in [-0.1, -0.05) is 13.8 Å². The highest BCUT2D eigenvalue weighted by Gasteiger charge is 2.11. The van der Waals surface area contributed by atoms with Crippen molar-refractivity contribution >= 4 is 11.3 Å². The number of nitrogens with two attached hydrogens (primary N) is 1. The number of hydrogen-bond donors (Lipinski definition) is 1. The molecule has 0 atom stereocenters. The molecule has 0 amide bonds. The Morgan fingerprint density at radius 1 is 1.17 bits per heavy atom. The lowest BCUT2D eigenvalue weighted by Gasteiger charge is -2.09. The second kappa shape index (κ2) is 6.83. The molecule has 0 aliphatic rings. The van der Waals surface area contributed by atoms with E-state index in [-0.39, 0.29) is 0 Å². The summed E-state index contributed by atoms with van der Waals surface area (Å²) in [6.07, 6.45) is 3.94. The minimum absolute atomic E-state index is 0.464. The number of fused-ring (bicyclic) bond motifs is 1. The van der Waals surface area contributed by atoms with Crippen LogP contribution in [0, 0.1) is 5.92 Å². The van der Waals surface area contributed by atoms with Gasteiger partial charge in [-0.2, -0.15) is 0 Å². The molecule has 0 aliphatic heterocycles. The van der Waals surface area contributed by atoms with Crippen LogP contribution >= 0.6 is 0 Å². The van der Waals surface area contributed by atoms with E-state index in [1.54, 1.807) is 0 Å². The van der Waals surface area contributed by atoms with Crippen molar-refractivity contribution in [3.05, 3.63) is 42.7 Å². The summed E-state index contributed by atoms with van der Waals surface area (Å²) in [5.74, 6) is 1.95. The van der Waals surface area contributed by atoms with Crippen molar-refractivity contribution < 1.29 is 9.47 Å². The molecule has 0 bridgehead atoms. The van der Waals surface area contributed by atoms with E-state index in [4.69, 9.17) is 20.2 Å². The first-order valence-corrected chi connectivity index (χ1v) is 8.21. The fourth-order valence-corrected chi connectivity index (χ4v) is 2.49. The molecule has 5 nitrogen and oxygen atoms in total. The van der Waals surface area contributed by atoms with Gasteiger partial charge >= 0.3 is 0 Å². The van der Waals surface area contributed by atoms with E-state index in [9.17, 15) is 0 Å². The fourth-order valence-electron chi connectivity index (χ4n) is 2.49. The maximum Gasteiger partial charge on any atom is 0.180 e. The van der Waals surface area contributed by atoms with E-state index < -0.39 is 0 Å². The maximum atomic E-state index is 6.07. The summed E-state index contributed by atoms with van der Waals surface area (Å²) in [6, 6.07) is 9.65. The van der Waals surface area contributed by atoms with Crippen LogP contribution in [-0.4, -0.2) is 22.6 Å². The number of pyridine rings is 1. The smallest absolute Gasteiger partial charge is 0.180 e. The first-order chi connectivity index (χ1) is 11.6. The van der Waals surface area contributed by atoms with Crippen LogP contribution in [0.3, 0.4) is 0 Å². The standard InChI is InChI=1S/C19H23N3O2/c1-4-23-17-8-7-14(10-15(17)20)16-11-22-9-5-6-18(19(22)21-16)24-12-13(2)3/h5-11,13H,4,12,20H2,1-3H3. The quantitative estimate of drug-likeness (QED) is 0.695. The van der Waals surface area contributed by atoms with E-state index >= 15 is 0 Å². The second-order valence-corrected chi connectivity index (χ2v) is 6.12. The van der Waals surface area contributed by atoms with Crippen LogP contribution < -0.4 is 15.2 Å². The Bertz CT molecular complexity index is 840. The van der Waals surface area contributed by atoms with Crippen molar-refractivity contribution in [1.82, 2.24) is 9.38 Å². The molecule has 126 valence electrons. The van der Waals surface area contributed by atoms with Crippen LogP contribution in [0.15, 0.2) is 42.7 Å². The van der Waals surface area contributed by atoms with Gasteiger partial charge in [0.15, 0.2) is 11.4 Å². The minimum Gasteiger partial charge on any atom is -0.492 e. The van der Waals surface area contributed by atoms with Gasteiger partial charge in [-0.3, -0.25) is 0 Å².